The average Bonchev–Trinajstić information content (AvgIpc) is 3.73. The van der Waals surface area contributed by atoms with Gasteiger partial charge in [0.25, 0.3) is 0 Å². The van der Waals surface area contributed by atoms with E-state index >= 15 is 0 Å². The van der Waals surface area contributed by atoms with Gasteiger partial charge >= 0.3 is 0 Å². The van der Waals surface area contributed by atoms with Gasteiger partial charge in [0.1, 0.15) is 79.0 Å². The second kappa shape index (κ2) is 19.1. The minimum atomic E-state index is -1.78. The Bertz CT molecular complexity index is 1690. The summed E-state index contributed by atoms with van der Waals surface area (Å²) in [5.74, 6) is -1.34. The predicted octanol–water partition coefficient (Wildman–Crippen LogP) is -2.68. The molecule has 12 N–H and O–H groups in total. The van der Waals surface area contributed by atoms with Gasteiger partial charge in [-0.25, -0.2) is 0 Å². The van der Waals surface area contributed by atoms with Crippen LogP contribution in [-0.4, -0.2) is 204 Å². The summed E-state index contributed by atoms with van der Waals surface area (Å²) >= 11 is 0. The molecule has 0 radical (unpaired) electrons. The van der Waals surface area contributed by atoms with Gasteiger partial charge in [-0.05, 0) is 74.0 Å². The number of hydrogen-bond donors (Lipinski definition) is 12. The minimum absolute atomic E-state index is 0.0590. The van der Waals surface area contributed by atoms with Crippen molar-refractivity contribution in [1.29, 1.82) is 0 Å². The molecule has 8 aliphatic rings. The van der Waals surface area contributed by atoms with E-state index in [1.807, 2.05) is 6.92 Å². The smallest absolute Gasteiger partial charge is 0.187 e. The second-order valence-corrected chi connectivity index (χ2v) is 20.9. The summed E-state index contributed by atoms with van der Waals surface area (Å²) in [6, 6.07) is 0. The molecule has 8 fully saturated rings. The summed E-state index contributed by atoms with van der Waals surface area (Å²) in [5.41, 5.74) is -0.343. The van der Waals surface area contributed by atoms with Crippen LogP contribution < -0.4 is 0 Å². The fourth-order valence-electron chi connectivity index (χ4n) is 13.7. The molecule has 5 unspecified atom stereocenters. The second-order valence-electron chi connectivity index (χ2n) is 20.9. The Morgan fingerprint density at radius 1 is 0.723 bits per heavy atom. The molecule has 4 saturated heterocycles. The highest BCUT2D eigenvalue weighted by atomic mass is 16.8. The third-order valence-electron chi connectivity index (χ3n) is 17.6. The Morgan fingerprint density at radius 3 is 1.94 bits per heavy atom. The maximum Gasteiger partial charge on any atom is 0.187 e. The van der Waals surface area contributed by atoms with Gasteiger partial charge in [0, 0.05) is 30.1 Å². The first-order chi connectivity index (χ1) is 30.7. The largest absolute Gasteiger partial charge is 0.394 e. The van der Waals surface area contributed by atoms with Gasteiger partial charge in [-0.1, -0.05) is 32.9 Å². The molecule has 20 heteroatoms. The Kier molecular flexibility index (Phi) is 14.7. The molecule has 0 aromatic rings. The molecule has 372 valence electrons. The Balaban J connectivity index is 0.888. The summed E-state index contributed by atoms with van der Waals surface area (Å²) in [6.45, 7) is 8.34. The normalized spacial score (nSPS) is 54.4. The number of ketones is 1. The third kappa shape index (κ3) is 8.60. The third-order valence-corrected chi connectivity index (χ3v) is 17.6. The Morgan fingerprint density at radius 2 is 1.31 bits per heavy atom. The standard InChI is InChI=1S/C45H72O20/c1-18(17-59-40-37(56)34(53)31(50)26(14-46)61-40)7-10-45(58)19(2)30-25(65-45)12-24-22-6-5-20-11-21(8-9-43(20,3)23(22)13-29(49)44(24,30)4)60-42-39(36(55)33(52)28(16-48)63-42)64-41-38(57)35(54)32(51)27(15-47)62-41/h19-28,30-42,46-48,50-58H,1,5-17H2,2-4H3/t19-,20+,21-,22?,23?,24?,25?,26+,27+,28+,30-,31+,32+,33-,34-,35-,36-,37+,38+,39+,40+,41-,42+,43-,44+,45?/m0/s1. The lowest BCUT2D eigenvalue weighted by atomic mass is 9.44. The van der Waals surface area contributed by atoms with E-state index in [1.165, 1.54) is 0 Å². The van der Waals surface area contributed by atoms with Crippen LogP contribution in [-0.2, 0) is 38.0 Å². The SMILES string of the molecule is C=C(CCC1(O)OC2CC3C4CC[C@@H]5C[C@@H](O[C@@H]6O[C@H](CO)[C@H](O)[C@H](O)[C@H]6O[C@@H]6O[C@H](CO)[C@@H](O)[C@H](O)[C@H]6O)CC[C@]5(C)C4CC(=O)[C@]3(C)[C@H]2[C@@H]1C)CO[C@@H]1O[C@H](CO)[C@@H](O)[C@H](O)[C@H]1O. The van der Waals surface area contributed by atoms with Crippen molar-refractivity contribution in [3.05, 3.63) is 12.2 Å². The fourth-order valence-corrected chi connectivity index (χ4v) is 13.7. The predicted molar refractivity (Wildman–Crippen MR) is 219 cm³/mol. The first-order valence-electron chi connectivity index (χ1n) is 23.5. The van der Waals surface area contributed by atoms with Gasteiger partial charge in [-0.2, -0.15) is 0 Å². The van der Waals surface area contributed by atoms with Crippen LogP contribution in [0.2, 0.25) is 0 Å². The highest BCUT2D eigenvalue weighted by molar-refractivity contribution is 5.87. The molecular formula is C45H72O20. The summed E-state index contributed by atoms with van der Waals surface area (Å²) in [5, 5.41) is 125. The molecule has 26 atom stereocenters. The Labute approximate surface area is 378 Å². The van der Waals surface area contributed by atoms with Crippen molar-refractivity contribution in [2.45, 2.75) is 189 Å². The summed E-state index contributed by atoms with van der Waals surface area (Å²) in [4.78, 5) is 14.7. The van der Waals surface area contributed by atoms with Crippen molar-refractivity contribution >= 4 is 5.78 Å². The molecule has 4 heterocycles. The fraction of sp³-hybridized carbons (Fsp3) is 0.933. The molecule has 65 heavy (non-hydrogen) atoms. The number of rotatable bonds is 13. The zero-order valence-corrected chi connectivity index (χ0v) is 37.3. The topological polar surface area (TPSA) is 324 Å². The van der Waals surface area contributed by atoms with Crippen LogP contribution in [0.4, 0.5) is 0 Å². The van der Waals surface area contributed by atoms with E-state index in [2.05, 4.69) is 20.4 Å². The molecule has 0 aromatic heterocycles. The maximum absolute atomic E-state index is 14.7. The quantitative estimate of drug-likeness (QED) is 0.0662. The molecule has 4 aliphatic heterocycles. The maximum atomic E-state index is 14.7. The van der Waals surface area contributed by atoms with E-state index in [-0.39, 0.29) is 65.8 Å². The molecule has 4 saturated carbocycles. The lowest BCUT2D eigenvalue weighted by molar-refractivity contribution is -0.373. The number of fused-ring (bicyclic) bond motifs is 7. The molecular weight excluding hydrogens is 860 g/mol. The number of ether oxygens (including phenoxy) is 7. The highest BCUT2D eigenvalue weighted by Gasteiger charge is 2.71. The zero-order chi connectivity index (χ0) is 47.1. The minimum Gasteiger partial charge on any atom is -0.394 e. The number of carbonyl (C=O) groups is 1. The Hall–Kier alpha value is -1.35. The van der Waals surface area contributed by atoms with Gasteiger partial charge in [0.05, 0.1) is 38.6 Å². The molecule has 0 amide bonds. The van der Waals surface area contributed by atoms with Crippen molar-refractivity contribution in [1.82, 2.24) is 0 Å². The first-order valence-corrected chi connectivity index (χ1v) is 23.5. The number of aliphatic hydroxyl groups excluding tert-OH is 11. The van der Waals surface area contributed by atoms with Crippen molar-refractivity contribution in [2.24, 2.45) is 46.3 Å². The number of aliphatic hydroxyl groups is 12. The number of hydrogen-bond acceptors (Lipinski definition) is 20. The van der Waals surface area contributed by atoms with E-state index < -0.39 is 129 Å². The molecule has 8 rings (SSSR count). The van der Waals surface area contributed by atoms with Crippen LogP contribution >= 0.6 is 0 Å². The van der Waals surface area contributed by atoms with E-state index in [9.17, 15) is 66.1 Å². The first kappa shape index (κ1) is 50.1. The van der Waals surface area contributed by atoms with Crippen LogP contribution in [0.3, 0.4) is 0 Å². The molecule has 0 bridgehead atoms. The van der Waals surface area contributed by atoms with Crippen LogP contribution in [0.1, 0.15) is 78.6 Å². The molecule has 0 aromatic carbocycles. The zero-order valence-electron chi connectivity index (χ0n) is 37.3. The lowest BCUT2D eigenvalue weighted by Gasteiger charge is -2.60. The number of carbonyl (C=O) groups excluding carboxylic acids is 1. The van der Waals surface area contributed by atoms with Crippen molar-refractivity contribution in [3.63, 3.8) is 0 Å². The van der Waals surface area contributed by atoms with Gasteiger partial charge in [0.2, 0.25) is 0 Å². The highest BCUT2D eigenvalue weighted by Crippen LogP contribution is 2.70. The van der Waals surface area contributed by atoms with Crippen molar-refractivity contribution < 1.29 is 99.2 Å². The average molecular weight is 933 g/mol. The summed E-state index contributed by atoms with van der Waals surface area (Å²) in [6.07, 6.45) is -18.0. The summed E-state index contributed by atoms with van der Waals surface area (Å²) < 4.78 is 41.5. The van der Waals surface area contributed by atoms with Crippen LogP contribution in [0.15, 0.2) is 12.2 Å². The summed E-state index contributed by atoms with van der Waals surface area (Å²) in [7, 11) is 0. The van der Waals surface area contributed by atoms with Gasteiger partial charge in [-0.15, -0.1) is 0 Å². The van der Waals surface area contributed by atoms with E-state index in [0.29, 0.717) is 37.7 Å². The van der Waals surface area contributed by atoms with E-state index in [0.717, 1.165) is 19.3 Å². The van der Waals surface area contributed by atoms with E-state index in [4.69, 9.17) is 33.2 Å². The molecule has 4 aliphatic carbocycles. The van der Waals surface area contributed by atoms with Crippen molar-refractivity contribution in [3.8, 4) is 0 Å². The molecule has 0 spiro atoms. The van der Waals surface area contributed by atoms with Gasteiger partial charge in [-0.3, -0.25) is 4.79 Å². The monoisotopic (exact) mass is 932 g/mol. The van der Waals surface area contributed by atoms with Crippen LogP contribution in [0, 0.1) is 46.3 Å². The van der Waals surface area contributed by atoms with Crippen molar-refractivity contribution in [2.75, 3.05) is 26.4 Å². The van der Waals surface area contributed by atoms with Gasteiger partial charge < -0.3 is 94.4 Å². The van der Waals surface area contributed by atoms with Gasteiger partial charge in [0.15, 0.2) is 24.7 Å². The number of Topliss-reactive ketones (excluding diaryl/α,β-unsaturated/α-hetero) is 1. The van der Waals surface area contributed by atoms with E-state index in [1.54, 1.807) is 0 Å². The molecule has 20 nitrogen and oxygen atoms in total. The van der Waals surface area contributed by atoms with Crippen LogP contribution in [0.5, 0.6) is 0 Å². The lowest BCUT2D eigenvalue weighted by Crippen LogP contribution is -2.65. The van der Waals surface area contributed by atoms with Crippen LogP contribution in [0.25, 0.3) is 0 Å².